The Balaban J connectivity index is 2.35. The highest BCUT2D eigenvalue weighted by atomic mass is 35.5. The second kappa shape index (κ2) is 3.71. The van der Waals surface area contributed by atoms with Crippen molar-refractivity contribution in [3.63, 3.8) is 0 Å². The van der Waals surface area contributed by atoms with Crippen LogP contribution in [0.1, 0.15) is 28.4 Å². The van der Waals surface area contributed by atoms with Gasteiger partial charge in [0, 0.05) is 21.7 Å². The van der Waals surface area contributed by atoms with E-state index in [2.05, 4.69) is 6.92 Å². The van der Waals surface area contributed by atoms with Gasteiger partial charge in [0.15, 0.2) is 5.78 Å². The van der Waals surface area contributed by atoms with Crippen molar-refractivity contribution in [3.8, 4) is 11.1 Å². The molecule has 1 aliphatic carbocycles. The summed E-state index contributed by atoms with van der Waals surface area (Å²) in [7, 11) is 0. The molecule has 0 radical (unpaired) electrons. The molecule has 1 nitrogen and oxygen atoms in total. The Bertz CT molecular complexity index is 629. The number of hydrogen-bond acceptors (Lipinski definition) is 1. The smallest absolute Gasteiger partial charge is 0.194 e. The van der Waals surface area contributed by atoms with Gasteiger partial charge in [0.2, 0.25) is 0 Å². The third-order valence-corrected chi connectivity index (χ3v) is 3.54. The fourth-order valence-corrected chi connectivity index (χ4v) is 2.71. The lowest BCUT2D eigenvalue weighted by atomic mass is 10.0. The first-order chi connectivity index (χ1) is 8.22. The number of hydrogen-bond donors (Lipinski definition) is 0. The maximum absolute atomic E-state index is 12.2. The zero-order valence-electron chi connectivity index (χ0n) is 9.46. The molecule has 17 heavy (non-hydrogen) atoms. The number of carbonyl (C=O) groups excluding carboxylic acids is 1. The molecule has 0 aliphatic heterocycles. The molecule has 0 spiro atoms. The summed E-state index contributed by atoms with van der Waals surface area (Å²) in [6.45, 7) is 2.06. The second-order valence-electron chi connectivity index (χ2n) is 4.23. The van der Waals surface area contributed by atoms with Gasteiger partial charge in [-0.05, 0) is 29.7 Å². The third-order valence-electron chi connectivity index (χ3n) is 3.24. The van der Waals surface area contributed by atoms with Crippen LogP contribution in [0.5, 0.6) is 0 Å². The van der Waals surface area contributed by atoms with E-state index >= 15 is 0 Å². The minimum atomic E-state index is 0.0906. The molecular formula is C15H11ClO. The number of benzene rings is 2. The number of fused-ring (bicyclic) bond motifs is 3. The van der Waals surface area contributed by atoms with Gasteiger partial charge in [0.25, 0.3) is 0 Å². The highest BCUT2D eigenvalue weighted by Crippen LogP contribution is 2.41. The van der Waals surface area contributed by atoms with Gasteiger partial charge in [-0.2, -0.15) is 0 Å². The molecule has 2 aromatic rings. The van der Waals surface area contributed by atoms with E-state index in [1.54, 1.807) is 0 Å². The van der Waals surface area contributed by atoms with Crippen molar-refractivity contribution in [2.24, 2.45) is 0 Å². The number of aryl methyl sites for hydroxylation is 1. The van der Waals surface area contributed by atoms with Crippen LogP contribution < -0.4 is 0 Å². The van der Waals surface area contributed by atoms with Gasteiger partial charge in [-0.1, -0.05) is 42.8 Å². The summed E-state index contributed by atoms with van der Waals surface area (Å²) in [5.74, 6) is 0.0906. The van der Waals surface area contributed by atoms with Crippen LogP contribution in [0.4, 0.5) is 0 Å². The van der Waals surface area contributed by atoms with E-state index in [1.165, 1.54) is 0 Å². The molecule has 2 aromatic carbocycles. The van der Waals surface area contributed by atoms with Crippen LogP contribution in [0, 0.1) is 0 Å². The zero-order chi connectivity index (χ0) is 12.0. The largest absolute Gasteiger partial charge is 0.289 e. The quantitative estimate of drug-likeness (QED) is 0.628. The van der Waals surface area contributed by atoms with Gasteiger partial charge in [-0.15, -0.1) is 0 Å². The minimum Gasteiger partial charge on any atom is -0.289 e. The average molecular weight is 243 g/mol. The maximum Gasteiger partial charge on any atom is 0.194 e. The van der Waals surface area contributed by atoms with Gasteiger partial charge in [-0.3, -0.25) is 4.79 Å². The van der Waals surface area contributed by atoms with E-state index in [9.17, 15) is 4.79 Å². The molecule has 0 amide bonds. The van der Waals surface area contributed by atoms with E-state index in [4.69, 9.17) is 11.6 Å². The highest BCUT2D eigenvalue weighted by molar-refractivity contribution is 6.37. The van der Waals surface area contributed by atoms with Gasteiger partial charge >= 0.3 is 0 Å². The molecule has 0 N–H and O–H groups in total. The van der Waals surface area contributed by atoms with E-state index in [0.717, 1.165) is 34.2 Å². The Morgan fingerprint density at radius 3 is 2.47 bits per heavy atom. The van der Waals surface area contributed by atoms with Crippen molar-refractivity contribution in [2.45, 2.75) is 13.3 Å². The normalized spacial score (nSPS) is 12.5. The molecule has 0 heterocycles. The third kappa shape index (κ3) is 1.43. The molecule has 0 bridgehead atoms. The Kier molecular flexibility index (Phi) is 2.30. The van der Waals surface area contributed by atoms with Crippen molar-refractivity contribution >= 4 is 17.4 Å². The summed E-state index contributed by atoms with van der Waals surface area (Å²) in [6.07, 6.45) is 0.886. The Labute approximate surface area is 105 Å². The Morgan fingerprint density at radius 2 is 1.76 bits per heavy atom. The molecule has 3 rings (SSSR count). The minimum absolute atomic E-state index is 0.0906. The van der Waals surface area contributed by atoms with Crippen molar-refractivity contribution < 1.29 is 4.79 Å². The van der Waals surface area contributed by atoms with Crippen LogP contribution >= 0.6 is 11.6 Å². The molecule has 2 heteroatoms. The molecule has 0 unspecified atom stereocenters. The van der Waals surface area contributed by atoms with Crippen molar-refractivity contribution in [2.75, 3.05) is 0 Å². The van der Waals surface area contributed by atoms with E-state index in [0.29, 0.717) is 5.02 Å². The van der Waals surface area contributed by atoms with Crippen molar-refractivity contribution in [3.05, 3.63) is 58.1 Å². The van der Waals surface area contributed by atoms with Crippen LogP contribution in [0.2, 0.25) is 5.02 Å². The summed E-state index contributed by atoms with van der Waals surface area (Å²) in [5.41, 5.74) is 4.47. The van der Waals surface area contributed by atoms with Gasteiger partial charge in [0.05, 0.1) is 0 Å². The predicted molar refractivity (Wildman–Crippen MR) is 69.7 cm³/mol. The Hall–Kier alpha value is -1.60. The van der Waals surface area contributed by atoms with Crippen molar-refractivity contribution in [1.29, 1.82) is 0 Å². The number of rotatable bonds is 1. The molecule has 84 valence electrons. The molecule has 0 saturated carbocycles. The summed E-state index contributed by atoms with van der Waals surface area (Å²) < 4.78 is 0. The summed E-state index contributed by atoms with van der Waals surface area (Å²) in [4.78, 5) is 12.2. The lowest BCUT2D eigenvalue weighted by molar-refractivity contribution is 0.104. The molecule has 0 fully saturated rings. The highest BCUT2D eigenvalue weighted by Gasteiger charge is 2.28. The first kappa shape index (κ1) is 10.5. The number of halogens is 1. The molecule has 1 aliphatic rings. The summed E-state index contributed by atoms with van der Waals surface area (Å²) in [5, 5.41) is 0.678. The van der Waals surface area contributed by atoms with E-state index in [1.807, 2.05) is 36.4 Å². The first-order valence-corrected chi connectivity index (χ1v) is 6.06. The van der Waals surface area contributed by atoms with E-state index in [-0.39, 0.29) is 5.78 Å². The van der Waals surface area contributed by atoms with Crippen LogP contribution in [-0.2, 0) is 6.42 Å². The molecule has 0 saturated heterocycles. The second-order valence-corrected chi connectivity index (χ2v) is 4.64. The van der Waals surface area contributed by atoms with Crippen LogP contribution in [0.15, 0.2) is 36.4 Å². The van der Waals surface area contributed by atoms with E-state index < -0.39 is 0 Å². The van der Waals surface area contributed by atoms with Crippen LogP contribution in [0.25, 0.3) is 11.1 Å². The fourth-order valence-electron chi connectivity index (χ4n) is 2.36. The van der Waals surface area contributed by atoms with Gasteiger partial charge in [0.1, 0.15) is 0 Å². The van der Waals surface area contributed by atoms with Gasteiger partial charge < -0.3 is 0 Å². The van der Waals surface area contributed by atoms with Crippen LogP contribution in [0.3, 0.4) is 0 Å². The molecule has 0 atom stereocenters. The lowest BCUT2D eigenvalue weighted by Gasteiger charge is -2.05. The first-order valence-electron chi connectivity index (χ1n) is 5.69. The maximum atomic E-state index is 12.2. The molecular weight excluding hydrogens is 232 g/mol. The molecule has 0 aromatic heterocycles. The monoisotopic (exact) mass is 242 g/mol. The van der Waals surface area contributed by atoms with Crippen molar-refractivity contribution in [1.82, 2.24) is 0 Å². The SMILES string of the molecule is CCc1cc(Cl)c2c(c1)C(=O)c1ccccc1-2. The van der Waals surface area contributed by atoms with Gasteiger partial charge in [-0.25, -0.2) is 0 Å². The summed E-state index contributed by atoms with van der Waals surface area (Å²) >= 11 is 6.29. The van der Waals surface area contributed by atoms with Crippen LogP contribution in [-0.4, -0.2) is 5.78 Å². The predicted octanol–water partition coefficient (Wildman–Crippen LogP) is 4.11. The fraction of sp³-hybridized carbons (Fsp3) is 0.133. The topological polar surface area (TPSA) is 17.1 Å². The average Bonchev–Trinajstić information content (AvgIpc) is 2.64. The number of ketones is 1. The summed E-state index contributed by atoms with van der Waals surface area (Å²) in [6, 6.07) is 11.6. The standard InChI is InChI=1S/C15H11ClO/c1-2-9-7-12-14(13(16)8-9)10-5-3-4-6-11(10)15(12)17/h3-8H,2H2,1H3. The Morgan fingerprint density at radius 1 is 1.06 bits per heavy atom. The number of carbonyl (C=O) groups is 1. The lowest BCUT2D eigenvalue weighted by Crippen LogP contribution is -1.96. The zero-order valence-corrected chi connectivity index (χ0v) is 10.2.